The van der Waals surface area contributed by atoms with Crippen molar-refractivity contribution < 1.29 is 13.2 Å². The number of hydrogen-bond acceptors (Lipinski definition) is 5. The fourth-order valence-corrected chi connectivity index (χ4v) is 2.86. The second-order valence-electron chi connectivity index (χ2n) is 5.64. The molecule has 0 aromatic heterocycles. The van der Waals surface area contributed by atoms with Gasteiger partial charge < -0.3 is 10.1 Å². The van der Waals surface area contributed by atoms with Crippen LogP contribution in [0.1, 0.15) is 18.1 Å². The molecule has 0 heterocycles. The van der Waals surface area contributed by atoms with Gasteiger partial charge in [-0.15, -0.1) is 0 Å². The van der Waals surface area contributed by atoms with Crippen molar-refractivity contribution in [2.45, 2.75) is 18.4 Å². The topological polar surface area (TPSA) is 79.8 Å². The monoisotopic (exact) mass is 391 g/mol. The third-order valence-electron chi connectivity index (χ3n) is 3.64. The highest BCUT2D eigenvalue weighted by Gasteiger charge is 2.07. The van der Waals surface area contributed by atoms with Crippen molar-refractivity contribution in [2.24, 2.45) is 5.10 Å². The molecule has 0 saturated carbocycles. The third kappa shape index (κ3) is 5.82. The second kappa shape index (κ2) is 8.77. The van der Waals surface area contributed by atoms with Crippen LogP contribution in [0.15, 0.2) is 58.5 Å². The zero-order valence-electron chi connectivity index (χ0n) is 14.8. The van der Waals surface area contributed by atoms with Crippen LogP contribution in [0.2, 0.25) is 0 Å². The molecular weight excluding hydrogens is 370 g/mol. The summed E-state index contributed by atoms with van der Waals surface area (Å²) in [5.74, 6) is 0.802. The summed E-state index contributed by atoms with van der Waals surface area (Å²) >= 11 is 5.21. The number of benzene rings is 2. The first-order chi connectivity index (χ1) is 12.3. The molecule has 0 bridgehead atoms. The summed E-state index contributed by atoms with van der Waals surface area (Å²) in [4.78, 5) is 0.277. The molecule has 8 heteroatoms. The second-order valence-corrected chi connectivity index (χ2v) is 8.06. The fraction of sp³-hybridized carbons (Fsp3) is 0.222. The molecule has 138 valence electrons. The molecular formula is C18H21N3O3S2. The van der Waals surface area contributed by atoms with Crippen LogP contribution in [0.5, 0.6) is 5.75 Å². The lowest BCUT2D eigenvalue weighted by atomic mass is 10.1. The Balaban J connectivity index is 1.90. The largest absolute Gasteiger partial charge is 0.497 e. The standard InChI is InChI=1S/C18H21N3O3S2/c1-13(15-6-10-17(11-7-15)26(3,22)23)20-21-18(25)19-12-14-4-8-16(24-2)9-5-14/h4-11H,12H2,1-3H3,(H2,19,21,25)/b20-13-. The number of sulfone groups is 1. The van der Waals surface area contributed by atoms with Crippen molar-refractivity contribution in [3.8, 4) is 5.75 Å². The van der Waals surface area contributed by atoms with E-state index >= 15 is 0 Å². The van der Waals surface area contributed by atoms with Crippen LogP contribution < -0.4 is 15.5 Å². The van der Waals surface area contributed by atoms with Crippen LogP contribution in [0.25, 0.3) is 0 Å². The summed E-state index contributed by atoms with van der Waals surface area (Å²) < 4.78 is 28.1. The Bertz CT molecular complexity index is 890. The Morgan fingerprint density at radius 1 is 1.12 bits per heavy atom. The van der Waals surface area contributed by atoms with Gasteiger partial charge in [-0.3, -0.25) is 5.43 Å². The van der Waals surface area contributed by atoms with E-state index in [4.69, 9.17) is 17.0 Å². The molecule has 0 unspecified atom stereocenters. The van der Waals surface area contributed by atoms with Gasteiger partial charge in [0.1, 0.15) is 5.75 Å². The number of hydrogen-bond donors (Lipinski definition) is 2. The summed E-state index contributed by atoms with van der Waals surface area (Å²) in [5.41, 5.74) is 5.35. The summed E-state index contributed by atoms with van der Waals surface area (Å²) in [5, 5.41) is 7.68. The average molecular weight is 392 g/mol. The first-order valence-corrected chi connectivity index (χ1v) is 10.1. The minimum Gasteiger partial charge on any atom is -0.497 e. The first-order valence-electron chi connectivity index (χ1n) is 7.81. The minimum atomic E-state index is -3.20. The summed E-state index contributed by atoms with van der Waals surface area (Å²) in [7, 11) is -1.58. The lowest BCUT2D eigenvalue weighted by Gasteiger charge is -2.09. The van der Waals surface area contributed by atoms with Crippen molar-refractivity contribution in [3.05, 3.63) is 59.7 Å². The van der Waals surface area contributed by atoms with Crippen molar-refractivity contribution >= 4 is 32.9 Å². The van der Waals surface area contributed by atoms with Gasteiger partial charge in [-0.05, 0) is 54.5 Å². The van der Waals surface area contributed by atoms with Crippen molar-refractivity contribution in [1.82, 2.24) is 10.7 Å². The number of hydrazone groups is 1. The highest BCUT2D eigenvalue weighted by atomic mass is 32.2. The number of nitrogens with zero attached hydrogens (tertiary/aromatic N) is 1. The third-order valence-corrected chi connectivity index (χ3v) is 5.00. The summed E-state index contributed by atoms with van der Waals surface area (Å²) in [6.45, 7) is 2.38. The number of rotatable bonds is 6. The number of thiocarbonyl (C=S) groups is 1. The number of methoxy groups -OCH3 is 1. The zero-order valence-corrected chi connectivity index (χ0v) is 16.4. The smallest absolute Gasteiger partial charge is 0.187 e. The van der Waals surface area contributed by atoms with Crippen LogP contribution in [-0.2, 0) is 16.4 Å². The molecule has 0 amide bonds. The minimum absolute atomic E-state index is 0.277. The molecule has 0 radical (unpaired) electrons. The van der Waals surface area contributed by atoms with Gasteiger partial charge in [0.15, 0.2) is 14.9 Å². The maximum atomic E-state index is 11.5. The molecule has 0 saturated heterocycles. The van der Waals surface area contributed by atoms with E-state index in [0.717, 1.165) is 16.9 Å². The van der Waals surface area contributed by atoms with Gasteiger partial charge in [-0.2, -0.15) is 5.10 Å². The average Bonchev–Trinajstić information content (AvgIpc) is 2.64. The highest BCUT2D eigenvalue weighted by Crippen LogP contribution is 2.12. The maximum absolute atomic E-state index is 11.5. The molecule has 0 fully saturated rings. The zero-order chi connectivity index (χ0) is 19.2. The van der Waals surface area contributed by atoms with Gasteiger partial charge >= 0.3 is 0 Å². The Labute approximate surface area is 159 Å². The van der Waals surface area contributed by atoms with Gasteiger partial charge in [0, 0.05) is 12.8 Å². The van der Waals surface area contributed by atoms with Gasteiger partial charge in [-0.1, -0.05) is 24.3 Å². The lowest BCUT2D eigenvalue weighted by Crippen LogP contribution is -2.32. The van der Waals surface area contributed by atoms with E-state index in [9.17, 15) is 8.42 Å². The van der Waals surface area contributed by atoms with E-state index in [2.05, 4.69) is 15.8 Å². The van der Waals surface area contributed by atoms with Gasteiger partial charge in [-0.25, -0.2) is 8.42 Å². The lowest BCUT2D eigenvalue weighted by molar-refractivity contribution is 0.414. The highest BCUT2D eigenvalue weighted by molar-refractivity contribution is 7.90. The quantitative estimate of drug-likeness (QED) is 0.447. The maximum Gasteiger partial charge on any atom is 0.187 e. The number of nitrogens with one attached hydrogen (secondary N) is 2. The van der Waals surface area contributed by atoms with Crippen molar-refractivity contribution in [1.29, 1.82) is 0 Å². The van der Waals surface area contributed by atoms with Crippen LogP contribution in [-0.4, -0.2) is 32.6 Å². The molecule has 0 aliphatic carbocycles. The SMILES string of the molecule is COc1ccc(CNC(=S)N/N=C(/C)c2ccc(S(C)(=O)=O)cc2)cc1. The van der Waals surface area contributed by atoms with E-state index in [1.54, 1.807) is 31.4 Å². The Hall–Kier alpha value is -2.45. The Morgan fingerprint density at radius 3 is 2.27 bits per heavy atom. The normalized spacial score (nSPS) is 11.7. The molecule has 2 aromatic rings. The van der Waals surface area contributed by atoms with Crippen molar-refractivity contribution in [3.63, 3.8) is 0 Å². The molecule has 0 atom stereocenters. The van der Waals surface area contributed by atoms with E-state index in [1.165, 1.54) is 6.26 Å². The van der Waals surface area contributed by atoms with E-state index in [0.29, 0.717) is 17.4 Å². The van der Waals surface area contributed by atoms with Gasteiger partial charge in [0.25, 0.3) is 0 Å². The van der Waals surface area contributed by atoms with E-state index in [1.807, 2.05) is 31.2 Å². The van der Waals surface area contributed by atoms with Crippen LogP contribution >= 0.6 is 12.2 Å². The number of ether oxygens (including phenoxy) is 1. The predicted octanol–water partition coefficient (Wildman–Crippen LogP) is 2.49. The van der Waals surface area contributed by atoms with Crippen molar-refractivity contribution in [2.75, 3.05) is 13.4 Å². The van der Waals surface area contributed by atoms with Gasteiger partial charge in [0.05, 0.1) is 17.7 Å². The van der Waals surface area contributed by atoms with E-state index < -0.39 is 9.84 Å². The first kappa shape index (κ1) is 19.9. The molecule has 0 aliphatic rings. The van der Waals surface area contributed by atoms with Crippen LogP contribution in [0, 0.1) is 0 Å². The fourth-order valence-electron chi connectivity index (χ4n) is 2.11. The van der Waals surface area contributed by atoms with Crippen LogP contribution in [0.4, 0.5) is 0 Å². The summed E-state index contributed by atoms with van der Waals surface area (Å²) in [6.07, 6.45) is 1.18. The van der Waals surface area contributed by atoms with Crippen LogP contribution in [0.3, 0.4) is 0 Å². The summed E-state index contributed by atoms with van der Waals surface area (Å²) in [6, 6.07) is 14.2. The Kier molecular flexibility index (Phi) is 6.70. The molecule has 0 spiro atoms. The molecule has 26 heavy (non-hydrogen) atoms. The molecule has 2 aromatic carbocycles. The van der Waals surface area contributed by atoms with Gasteiger partial charge in [0.2, 0.25) is 0 Å². The molecule has 2 rings (SSSR count). The predicted molar refractivity (Wildman–Crippen MR) is 107 cm³/mol. The molecule has 6 nitrogen and oxygen atoms in total. The van der Waals surface area contributed by atoms with E-state index in [-0.39, 0.29) is 4.90 Å². The molecule has 2 N–H and O–H groups in total. The Morgan fingerprint density at radius 2 is 1.73 bits per heavy atom. The molecule has 0 aliphatic heterocycles.